The molecule has 104 valence electrons. The predicted molar refractivity (Wildman–Crippen MR) is 82.2 cm³/mol. The summed E-state index contributed by atoms with van der Waals surface area (Å²) < 4.78 is 0. The summed E-state index contributed by atoms with van der Waals surface area (Å²) in [6.45, 7) is 0. The normalized spacial score (nSPS) is 29.9. The van der Waals surface area contributed by atoms with Crippen LogP contribution >= 0.6 is 0 Å². The molecule has 1 aromatic carbocycles. The van der Waals surface area contributed by atoms with Crippen molar-refractivity contribution >= 4 is 10.8 Å². The minimum atomic E-state index is 0.137. The van der Waals surface area contributed by atoms with Crippen LogP contribution < -0.4 is 5.73 Å². The molecule has 0 radical (unpaired) electrons. The summed E-state index contributed by atoms with van der Waals surface area (Å²) in [5, 5.41) is 2.48. The number of hydrogen-bond donors (Lipinski definition) is 1. The Bertz CT molecular complexity index is 616. The van der Waals surface area contributed by atoms with Crippen molar-refractivity contribution in [1.82, 2.24) is 4.98 Å². The average Bonchev–Trinajstić information content (AvgIpc) is 3.09. The van der Waals surface area contributed by atoms with Gasteiger partial charge in [-0.2, -0.15) is 0 Å². The van der Waals surface area contributed by atoms with Crippen molar-refractivity contribution < 1.29 is 0 Å². The maximum absolute atomic E-state index is 6.53. The van der Waals surface area contributed by atoms with Crippen LogP contribution in [0.1, 0.15) is 43.7 Å². The van der Waals surface area contributed by atoms with Gasteiger partial charge in [-0.1, -0.05) is 30.7 Å². The summed E-state index contributed by atoms with van der Waals surface area (Å²) in [7, 11) is 0. The van der Waals surface area contributed by atoms with E-state index < -0.39 is 0 Å². The highest BCUT2D eigenvalue weighted by atomic mass is 14.7. The first kappa shape index (κ1) is 12.3. The lowest BCUT2D eigenvalue weighted by Gasteiger charge is -2.25. The van der Waals surface area contributed by atoms with Crippen LogP contribution in [0.3, 0.4) is 0 Å². The second kappa shape index (κ2) is 4.85. The van der Waals surface area contributed by atoms with Gasteiger partial charge >= 0.3 is 0 Å². The van der Waals surface area contributed by atoms with Crippen LogP contribution in [0, 0.1) is 17.8 Å². The third-order valence-electron chi connectivity index (χ3n) is 5.54. The number of pyridine rings is 1. The van der Waals surface area contributed by atoms with Gasteiger partial charge in [0.1, 0.15) is 0 Å². The summed E-state index contributed by atoms with van der Waals surface area (Å²) >= 11 is 0. The van der Waals surface area contributed by atoms with E-state index in [-0.39, 0.29) is 6.04 Å². The van der Waals surface area contributed by atoms with Crippen molar-refractivity contribution in [3.8, 4) is 0 Å². The van der Waals surface area contributed by atoms with E-state index in [0.29, 0.717) is 0 Å². The second-order valence-corrected chi connectivity index (χ2v) is 6.73. The first-order valence-electron chi connectivity index (χ1n) is 7.89. The summed E-state index contributed by atoms with van der Waals surface area (Å²) in [4.78, 5) is 4.38. The van der Waals surface area contributed by atoms with Gasteiger partial charge in [-0.3, -0.25) is 4.98 Å². The predicted octanol–water partition coefficient (Wildman–Crippen LogP) is 4.06. The van der Waals surface area contributed by atoms with Crippen LogP contribution in [-0.4, -0.2) is 4.98 Å². The zero-order valence-corrected chi connectivity index (χ0v) is 11.8. The number of hydrogen-bond acceptors (Lipinski definition) is 2. The molecule has 1 aromatic heterocycles. The molecule has 0 aliphatic heterocycles. The van der Waals surface area contributed by atoms with Crippen LogP contribution in [0.2, 0.25) is 0 Å². The van der Waals surface area contributed by atoms with E-state index in [0.717, 1.165) is 24.2 Å². The van der Waals surface area contributed by atoms with E-state index in [9.17, 15) is 0 Å². The molecule has 0 amide bonds. The molecule has 2 heteroatoms. The van der Waals surface area contributed by atoms with Crippen molar-refractivity contribution in [2.24, 2.45) is 23.5 Å². The van der Waals surface area contributed by atoms with Crippen LogP contribution in [0.15, 0.2) is 36.7 Å². The number of benzene rings is 1. The van der Waals surface area contributed by atoms with E-state index in [1.54, 1.807) is 0 Å². The highest BCUT2D eigenvalue weighted by Crippen LogP contribution is 2.50. The minimum Gasteiger partial charge on any atom is -0.324 e. The van der Waals surface area contributed by atoms with Crippen molar-refractivity contribution in [2.45, 2.75) is 38.1 Å². The highest BCUT2D eigenvalue weighted by molar-refractivity contribution is 5.85. The Morgan fingerprint density at radius 1 is 1.15 bits per heavy atom. The monoisotopic (exact) mass is 266 g/mol. The van der Waals surface area contributed by atoms with Gasteiger partial charge in [-0.15, -0.1) is 0 Å². The number of nitrogens with two attached hydrogens (primary N) is 1. The molecule has 4 rings (SSSR count). The summed E-state index contributed by atoms with van der Waals surface area (Å²) in [6, 6.07) is 8.59. The molecule has 1 heterocycles. The second-order valence-electron chi connectivity index (χ2n) is 6.73. The topological polar surface area (TPSA) is 38.9 Å². The average molecular weight is 266 g/mol. The van der Waals surface area contributed by atoms with Crippen LogP contribution in [0.25, 0.3) is 10.8 Å². The Kier molecular flexibility index (Phi) is 2.99. The molecular weight excluding hydrogens is 244 g/mol. The fourth-order valence-corrected chi connectivity index (χ4v) is 4.55. The Morgan fingerprint density at radius 3 is 2.85 bits per heavy atom. The molecule has 2 fully saturated rings. The lowest BCUT2D eigenvalue weighted by molar-refractivity contribution is 0.296. The largest absolute Gasteiger partial charge is 0.324 e. The third kappa shape index (κ3) is 2.03. The number of fused-ring (bicyclic) bond motifs is 3. The number of rotatable bonds is 3. The molecule has 2 aliphatic carbocycles. The maximum Gasteiger partial charge on any atom is 0.0346 e. The van der Waals surface area contributed by atoms with E-state index in [2.05, 4.69) is 29.2 Å². The maximum atomic E-state index is 6.53. The number of nitrogens with zero attached hydrogens (tertiary/aromatic N) is 1. The molecule has 2 aliphatic rings. The van der Waals surface area contributed by atoms with Crippen molar-refractivity contribution in [3.63, 3.8) is 0 Å². The molecule has 2 N–H and O–H groups in total. The van der Waals surface area contributed by atoms with Crippen molar-refractivity contribution in [2.75, 3.05) is 0 Å². The van der Waals surface area contributed by atoms with Gasteiger partial charge in [0.25, 0.3) is 0 Å². The lowest BCUT2D eigenvalue weighted by Crippen LogP contribution is -2.19. The standard InChI is InChI=1S/C18H22N2/c19-18(9-15-8-12-5-6-13(15)7-12)17-11-20-10-14-3-1-2-4-16(14)17/h1-4,10-13,15,18H,5-9,19H2. The van der Waals surface area contributed by atoms with E-state index in [1.165, 1.54) is 42.0 Å². The van der Waals surface area contributed by atoms with E-state index >= 15 is 0 Å². The highest BCUT2D eigenvalue weighted by Gasteiger charge is 2.39. The van der Waals surface area contributed by atoms with Gasteiger partial charge < -0.3 is 5.73 Å². The Balaban J connectivity index is 1.59. The van der Waals surface area contributed by atoms with Crippen molar-refractivity contribution in [3.05, 3.63) is 42.2 Å². The Morgan fingerprint density at radius 2 is 2.05 bits per heavy atom. The van der Waals surface area contributed by atoms with Gasteiger partial charge in [0.15, 0.2) is 0 Å². The van der Waals surface area contributed by atoms with E-state index in [4.69, 9.17) is 5.73 Å². The zero-order chi connectivity index (χ0) is 13.5. The van der Waals surface area contributed by atoms with Gasteiger partial charge in [0.05, 0.1) is 0 Å². The molecule has 20 heavy (non-hydrogen) atoms. The quantitative estimate of drug-likeness (QED) is 0.909. The summed E-state index contributed by atoms with van der Waals surface area (Å²) in [5.74, 6) is 2.81. The smallest absolute Gasteiger partial charge is 0.0346 e. The van der Waals surface area contributed by atoms with Gasteiger partial charge in [-0.25, -0.2) is 0 Å². The Labute approximate surface area is 120 Å². The SMILES string of the molecule is NC(CC1CC2CCC1C2)c1cncc2ccccc12. The fraction of sp³-hybridized carbons (Fsp3) is 0.500. The van der Waals surface area contributed by atoms with Crippen molar-refractivity contribution in [1.29, 1.82) is 0 Å². The van der Waals surface area contributed by atoms with Crippen LogP contribution in [0.5, 0.6) is 0 Å². The first-order valence-corrected chi connectivity index (χ1v) is 7.89. The van der Waals surface area contributed by atoms with Gasteiger partial charge in [0.2, 0.25) is 0 Å². The third-order valence-corrected chi connectivity index (χ3v) is 5.54. The molecule has 2 nitrogen and oxygen atoms in total. The summed E-state index contributed by atoms with van der Waals surface area (Å²) in [5.41, 5.74) is 7.76. The lowest BCUT2D eigenvalue weighted by atomic mass is 9.82. The minimum absolute atomic E-state index is 0.137. The fourth-order valence-electron chi connectivity index (χ4n) is 4.55. The molecule has 4 atom stereocenters. The van der Waals surface area contributed by atoms with E-state index in [1.807, 2.05) is 12.4 Å². The zero-order valence-electron chi connectivity index (χ0n) is 11.8. The number of aromatic nitrogens is 1. The van der Waals surface area contributed by atoms with Gasteiger partial charge in [0, 0.05) is 23.8 Å². The first-order chi connectivity index (χ1) is 9.81. The van der Waals surface area contributed by atoms with Crippen LogP contribution in [-0.2, 0) is 0 Å². The molecule has 2 saturated carbocycles. The molecule has 4 unspecified atom stereocenters. The molecule has 0 saturated heterocycles. The van der Waals surface area contributed by atoms with Gasteiger partial charge in [-0.05, 0) is 54.4 Å². The molecular formula is C18H22N2. The molecule has 2 aromatic rings. The molecule has 0 spiro atoms. The summed E-state index contributed by atoms with van der Waals surface area (Å²) in [6.07, 6.45) is 10.8. The van der Waals surface area contributed by atoms with Crippen LogP contribution in [0.4, 0.5) is 0 Å². The Hall–Kier alpha value is -1.41. The molecule has 2 bridgehead atoms.